The highest BCUT2D eigenvalue weighted by atomic mass is 35.5. The highest BCUT2D eigenvalue weighted by Crippen LogP contribution is 2.36. The Morgan fingerprint density at radius 2 is 2.08 bits per heavy atom. The number of ether oxygens (including phenoxy) is 2. The zero-order valence-electron chi connectivity index (χ0n) is 24.0. The molecule has 40 heavy (non-hydrogen) atoms. The van der Waals surface area contributed by atoms with Crippen LogP contribution >= 0.6 is 11.6 Å². The van der Waals surface area contributed by atoms with Crippen molar-refractivity contribution in [2.75, 3.05) is 33.9 Å². The summed E-state index contributed by atoms with van der Waals surface area (Å²) in [7, 11) is 3.19. The summed E-state index contributed by atoms with van der Waals surface area (Å²) in [5, 5.41) is 17.6. The monoisotopic (exact) mass is 571 g/mol. The second-order valence-corrected chi connectivity index (χ2v) is 10.8. The molecule has 2 N–H and O–H groups in total. The molecule has 1 fully saturated rings. The van der Waals surface area contributed by atoms with E-state index in [0.29, 0.717) is 46.9 Å². The van der Waals surface area contributed by atoms with E-state index in [0.717, 1.165) is 47.5 Å². The van der Waals surface area contributed by atoms with Crippen LogP contribution in [-0.2, 0) is 11.2 Å². The molecule has 0 aliphatic carbocycles. The molecule has 2 aromatic heterocycles. The fraction of sp³-hybridized carbons (Fsp3) is 0.517. The number of hydrogen-bond donors (Lipinski definition) is 2. The summed E-state index contributed by atoms with van der Waals surface area (Å²) in [5.74, 6) is 2.04. The van der Waals surface area contributed by atoms with Crippen LogP contribution in [0.25, 0.3) is 22.6 Å². The summed E-state index contributed by atoms with van der Waals surface area (Å²) < 4.78 is 16.3. The number of piperidine rings is 1. The largest absolute Gasteiger partial charge is 0.491 e. The minimum absolute atomic E-state index is 0.0661. The predicted octanol–water partition coefficient (Wildman–Crippen LogP) is 4.75. The first kappa shape index (κ1) is 29.8. The van der Waals surface area contributed by atoms with E-state index in [9.17, 15) is 9.90 Å². The summed E-state index contributed by atoms with van der Waals surface area (Å²) in [6.45, 7) is 9.04. The Balaban J connectivity index is 1.71. The molecule has 1 aliphatic heterocycles. The fourth-order valence-corrected chi connectivity index (χ4v) is 5.52. The van der Waals surface area contributed by atoms with Crippen LogP contribution in [-0.4, -0.2) is 77.2 Å². The molecule has 4 rings (SSSR count). The van der Waals surface area contributed by atoms with Crippen molar-refractivity contribution in [3.05, 3.63) is 45.9 Å². The zero-order valence-corrected chi connectivity index (χ0v) is 24.7. The molecule has 3 aromatic rings. The summed E-state index contributed by atoms with van der Waals surface area (Å²) in [4.78, 5) is 23.9. The van der Waals surface area contributed by atoms with Gasteiger partial charge in [-0.25, -0.2) is 14.8 Å². The molecule has 3 atom stereocenters. The Labute approximate surface area is 240 Å². The van der Waals surface area contributed by atoms with Crippen LogP contribution in [0.2, 0.25) is 5.02 Å². The van der Waals surface area contributed by atoms with E-state index in [2.05, 4.69) is 17.4 Å². The van der Waals surface area contributed by atoms with E-state index in [4.69, 9.17) is 35.6 Å². The number of carbonyl (C=O) groups excluding carboxylic acids is 1. The van der Waals surface area contributed by atoms with Gasteiger partial charge in [-0.3, -0.25) is 0 Å². The highest BCUT2D eigenvalue weighted by Gasteiger charge is 2.31. The fourth-order valence-electron chi connectivity index (χ4n) is 5.32. The van der Waals surface area contributed by atoms with Gasteiger partial charge in [0.25, 0.3) is 0 Å². The van der Waals surface area contributed by atoms with Gasteiger partial charge < -0.3 is 29.3 Å². The quantitative estimate of drug-likeness (QED) is 0.374. The summed E-state index contributed by atoms with van der Waals surface area (Å²) in [6.07, 6.45) is 1.47. The molecule has 1 amide bonds. The average molecular weight is 572 g/mol. The SMILES string of the molecule is CNC[C@@H](O)COc1ccc(Cl)c(-c2nc(C[C@H]3CCN(C(=O)OC)[C@@H](C)C3)c(C)c(-c3c(C)noc3C)n2)c1. The number of likely N-dealkylation sites (tertiary alicyclic amines) is 1. The number of carbonyl (C=O) groups is 1. The molecule has 0 saturated carbocycles. The normalized spacial score (nSPS) is 18.1. The van der Waals surface area contributed by atoms with Crippen molar-refractivity contribution in [1.82, 2.24) is 25.3 Å². The van der Waals surface area contributed by atoms with Crippen molar-refractivity contribution < 1.29 is 23.9 Å². The number of likely N-dealkylation sites (N-methyl/N-ethyl adjacent to an activating group) is 1. The zero-order chi connectivity index (χ0) is 29.0. The van der Waals surface area contributed by atoms with Gasteiger partial charge in [-0.2, -0.15) is 0 Å². The van der Waals surface area contributed by atoms with Crippen LogP contribution < -0.4 is 10.1 Å². The molecule has 216 valence electrons. The Kier molecular flexibility index (Phi) is 9.65. The number of benzene rings is 1. The van der Waals surface area contributed by atoms with Gasteiger partial charge in [0.15, 0.2) is 5.82 Å². The molecule has 1 aromatic carbocycles. The van der Waals surface area contributed by atoms with Gasteiger partial charge in [0.1, 0.15) is 24.2 Å². The number of aliphatic hydroxyl groups excluding tert-OH is 1. The Bertz CT molecular complexity index is 1330. The average Bonchev–Trinajstić information content (AvgIpc) is 3.26. The third-order valence-corrected chi connectivity index (χ3v) is 7.78. The highest BCUT2D eigenvalue weighted by molar-refractivity contribution is 6.33. The van der Waals surface area contributed by atoms with Crippen molar-refractivity contribution in [2.24, 2.45) is 5.92 Å². The Hall–Kier alpha value is -3.21. The molecular weight excluding hydrogens is 534 g/mol. The number of rotatable bonds is 9. The van der Waals surface area contributed by atoms with Crippen LogP contribution in [0, 0.1) is 26.7 Å². The lowest BCUT2D eigenvalue weighted by molar-refractivity contribution is 0.0809. The van der Waals surface area contributed by atoms with Gasteiger partial charge in [0, 0.05) is 30.4 Å². The minimum Gasteiger partial charge on any atom is -0.491 e. The number of hydrogen-bond acceptors (Lipinski definition) is 9. The van der Waals surface area contributed by atoms with Crippen molar-refractivity contribution >= 4 is 17.7 Å². The standard InChI is InChI=1S/C29H38ClN5O5/c1-16-11-20(9-10-35(16)29(37)38-6)12-25-17(2)27(26-18(3)34-40-19(26)4)33-28(32-25)23-13-22(7-8-24(23)30)39-15-21(36)14-31-5/h7-8,13,16,20-21,31,36H,9-12,14-15H2,1-6H3/t16-,20-,21+/m0/s1. The van der Waals surface area contributed by atoms with E-state index in [1.807, 2.05) is 20.8 Å². The summed E-state index contributed by atoms with van der Waals surface area (Å²) in [5.41, 5.74) is 4.84. The molecule has 0 spiro atoms. The molecule has 11 heteroatoms. The number of aliphatic hydroxyl groups is 1. The third-order valence-electron chi connectivity index (χ3n) is 7.45. The van der Waals surface area contributed by atoms with Gasteiger partial charge in [-0.1, -0.05) is 16.8 Å². The molecule has 0 bridgehead atoms. The van der Waals surface area contributed by atoms with Gasteiger partial charge in [0.2, 0.25) is 0 Å². The van der Waals surface area contributed by atoms with E-state index in [1.54, 1.807) is 30.1 Å². The Morgan fingerprint density at radius 1 is 1.30 bits per heavy atom. The topological polar surface area (TPSA) is 123 Å². The van der Waals surface area contributed by atoms with Gasteiger partial charge in [-0.15, -0.1) is 0 Å². The Morgan fingerprint density at radius 3 is 2.73 bits per heavy atom. The lowest BCUT2D eigenvalue weighted by atomic mass is 9.86. The van der Waals surface area contributed by atoms with Crippen molar-refractivity contribution in [3.8, 4) is 28.4 Å². The first-order chi connectivity index (χ1) is 19.1. The summed E-state index contributed by atoms with van der Waals surface area (Å²) >= 11 is 6.67. The van der Waals surface area contributed by atoms with Crippen molar-refractivity contribution in [1.29, 1.82) is 0 Å². The first-order valence-corrected chi connectivity index (χ1v) is 13.9. The maximum absolute atomic E-state index is 12.1. The lowest BCUT2D eigenvalue weighted by Gasteiger charge is -2.36. The van der Waals surface area contributed by atoms with E-state index in [-0.39, 0.29) is 18.7 Å². The summed E-state index contributed by atoms with van der Waals surface area (Å²) in [6, 6.07) is 5.38. The predicted molar refractivity (Wildman–Crippen MR) is 153 cm³/mol. The number of amides is 1. The molecule has 10 nitrogen and oxygen atoms in total. The number of nitrogens with one attached hydrogen (secondary N) is 1. The number of aryl methyl sites for hydroxylation is 2. The molecule has 3 heterocycles. The van der Waals surface area contributed by atoms with Gasteiger partial charge in [-0.05, 0) is 83.7 Å². The van der Waals surface area contributed by atoms with Crippen LogP contribution in [0.1, 0.15) is 42.5 Å². The van der Waals surface area contributed by atoms with Crippen LogP contribution in [0.4, 0.5) is 4.79 Å². The molecule has 1 saturated heterocycles. The van der Waals surface area contributed by atoms with E-state index >= 15 is 0 Å². The third kappa shape index (κ3) is 6.56. The maximum atomic E-state index is 12.1. The molecule has 1 aliphatic rings. The molecular formula is C29H38ClN5O5. The van der Waals surface area contributed by atoms with Gasteiger partial charge in [0.05, 0.1) is 29.1 Å². The smallest absolute Gasteiger partial charge is 0.409 e. The molecule has 0 unspecified atom stereocenters. The maximum Gasteiger partial charge on any atom is 0.409 e. The van der Waals surface area contributed by atoms with Crippen LogP contribution in [0.5, 0.6) is 5.75 Å². The lowest BCUT2D eigenvalue weighted by Crippen LogP contribution is -2.45. The van der Waals surface area contributed by atoms with Crippen molar-refractivity contribution in [3.63, 3.8) is 0 Å². The number of nitrogens with zero attached hydrogens (tertiary/aromatic N) is 4. The first-order valence-electron chi connectivity index (χ1n) is 13.5. The number of methoxy groups -OCH3 is 1. The number of halogens is 1. The second-order valence-electron chi connectivity index (χ2n) is 10.4. The molecule has 0 radical (unpaired) electrons. The number of aromatic nitrogens is 3. The van der Waals surface area contributed by atoms with Crippen molar-refractivity contribution in [2.45, 2.75) is 59.1 Å². The van der Waals surface area contributed by atoms with E-state index < -0.39 is 6.10 Å². The second kappa shape index (κ2) is 13.0. The van der Waals surface area contributed by atoms with E-state index in [1.165, 1.54) is 7.11 Å². The van der Waals surface area contributed by atoms with Gasteiger partial charge >= 0.3 is 6.09 Å². The van der Waals surface area contributed by atoms with Crippen LogP contribution in [0.3, 0.4) is 0 Å². The van der Waals surface area contributed by atoms with Crippen LogP contribution in [0.15, 0.2) is 22.7 Å². The minimum atomic E-state index is -0.648.